The monoisotopic (exact) mass is 321 g/mol. The summed E-state index contributed by atoms with van der Waals surface area (Å²) in [6, 6.07) is 0.190. The SMILES string of the molecule is Cc1csc(CCl)c1S(=O)(=O)N(CC(C)C)C1CC1. The van der Waals surface area contributed by atoms with Crippen LogP contribution >= 0.6 is 22.9 Å². The number of sulfonamides is 1. The third-order valence-electron chi connectivity index (χ3n) is 3.18. The standard InChI is InChI=1S/C13H20ClNO2S2/c1-9(2)7-15(11-4-5-11)19(16,17)13-10(3)8-18-12(13)6-14/h8-9,11H,4-7H2,1-3H3. The second kappa shape index (κ2) is 5.72. The Morgan fingerprint density at radius 1 is 1.47 bits per heavy atom. The molecule has 1 aliphatic rings. The molecule has 3 nitrogen and oxygen atoms in total. The zero-order chi connectivity index (χ0) is 14.2. The highest BCUT2D eigenvalue weighted by molar-refractivity contribution is 7.89. The molecule has 0 unspecified atom stereocenters. The van der Waals surface area contributed by atoms with Gasteiger partial charge in [-0.25, -0.2) is 8.42 Å². The van der Waals surface area contributed by atoms with Crippen LogP contribution in [0.2, 0.25) is 0 Å². The molecule has 0 aliphatic heterocycles. The van der Waals surface area contributed by atoms with E-state index in [4.69, 9.17) is 11.6 Å². The van der Waals surface area contributed by atoms with Gasteiger partial charge in [0.25, 0.3) is 0 Å². The van der Waals surface area contributed by atoms with Gasteiger partial charge in [-0.3, -0.25) is 0 Å². The highest BCUT2D eigenvalue weighted by Gasteiger charge is 2.40. The first-order valence-electron chi connectivity index (χ1n) is 6.52. The number of nitrogens with zero attached hydrogens (tertiary/aromatic N) is 1. The molecule has 0 atom stereocenters. The fourth-order valence-electron chi connectivity index (χ4n) is 2.21. The summed E-state index contributed by atoms with van der Waals surface area (Å²) in [7, 11) is -3.40. The highest BCUT2D eigenvalue weighted by Crippen LogP contribution is 2.37. The minimum absolute atomic E-state index is 0.190. The maximum atomic E-state index is 12.9. The van der Waals surface area contributed by atoms with Gasteiger partial charge in [-0.15, -0.1) is 22.9 Å². The van der Waals surface area contributed by atoms with Crippen molar-refractivity contribution in [2.45, 2.75) is 50.4 Å². The molecule has 1 saturated carbocycles. The first-order chi connectivity index (χ1) is 8.87. The van der Waals surface area contributed by atoms with Crippen molar-refractivity contribution in [1.29, 1.82) is 0 Å². The van der Waals surface area contributed by atoms with E-state index < -0.39 is 10.0 Å². The first kappa shape index (κ1) is 15.3. The second-order valence-electron chi connectivity index (χ2n) is 5.50. The molecule has 1 aromatic rings. The molecule has 0 N–H and O–H groups in total. The maximum Gasteiger partial charge on any atom is 0.244 e. The van der Waals surface area contributed by atoms with Gasteiger partial charge in [-0.05, 0) is 36.6 Å². The van der Waals surface area contributed by atoms with Crippen molar-refractivity contribution in [2.24, 2.45) is 5.92 Å². The van der Waals surface area contributed by atoms with Crippen LogP contribution in [0.5, 0.6) is 0 Å². The molecule has 1 heterocycles. The van der Waals surface area contributed by atoms with E-state index in [-0.39, 0.29) is 11.9 Å². The number of halogens is 1. The van der Waals surface area contributed by atoms with Gasteiger partial charge in [0.1, 0.15) is 4.90 Å². The quantitative estimate of drug-likeness (QED) is 0.751. The molecule has 6 heteroatoms. The third kappa shape index (κ3) is 3.15. The van der Waals surface area contributed by atoms with Crippen LogP contribution in [0.25, 0.3) is 0 Å². The molecule has 0 bridgehead atoms. The molecule has 0 aromatic carbocycles. The van der Waals surface area contributed by atoms with E-state index in [1.165, 1.54) is 11.3 Å². The number of thiophene rings is 1. The van der Waals surface area contributed by atoms with Crippen LogP contribution in [0.1, 0.15) is 37.1 Å². The molecule has 108 valence electrons. The number of aryl methyl sites for hydroxylation is 1. The van der Waals surface area contributed by atoms with Crippen molar-refractivity contribution < 1.29 is 8.42 Å². The predicted octanol–water partition coefficient (Wildman–Crippen LogP) is 3.60. The Balaban J connectivity index is 2.41. The van der Waals surface area contributed by atoms with Crippen LogP contribution in [-0.4, -0.2) is 25.3 Å². The van der Waals surface area contributed by atoms with Gasteiger partial charge in [-0.1, -0.05) is 13.8 Å². The molecule has 2 rings (SSSR count). The first-order valence-corrected chi connectivity index (χ1v) is 9.38. The average molecular weight is 322 g/mol. The van der Waals surface area contributed by atoms with Gasteiger partial charge >= 0.3 is 0 Å². The third-order valence-corrected chi connectivity index (χ3v) is 6.98. The van der Waals surface area contributed by atoms with Crippen LogP contribution in [0.15, 0.2) is 10.3 Å². The molecule has 0 saturated heterocycles. The Kier molecular flexibility index (Phi) is 4.60. The van der Waals surface area contributed by atoms with Crippen molar-refractivity contribution >= 4 is 33.0 Å². The summed E-state index contributed by atoms with van der Waals surface area (Å²) in [5, 5.41) is 1.88. The maximum absolute atomic E-state index is 12.9. The molecule has 0 spiro atoms. The van der Waals surface area contributed by atoms with Crippen LogP contribution in [0.4, 0.5) is 0 Å². The molecule has 0 radical (unpaired) electrons. The largest absolute Gasteiger partial charge is 0.244 e. The molecular formula is C13H20ClNO2S2. The fraction of sp³-hybridized carbons (Fsp3) is 0.692. The van der Waals surface area contributed by atoms with Crippen molar-refractivity contribution in [3.63, 3.8) is 0 Å². The van der Waals surface area contributed by atoms with E-state index in [9.17, 15) is 8.42 Å². The summed E-state index contributed by atoms with van der Waals surface area (Å²) in [4.78, 5) is 1.20. The fourth-order valence-corrected chi connectivity index (χ4v) is 6.07. The number of alkyl halides is 1. The lowest BCUT2D eigenvalue weighted by Crippen LogP contribution is -2.36. The predicted molar refractivity (Wildman–Crippen MR) is 80.4 cm³/mol. The zero-order valence-electron chi connectivity index (χ0n) is 11.5. The Labute approximate surface area is 124 Å². The van der Waals surface area contributed by atoms with E-state index in [0.29, 0.717) is 17.4 Å². The van der Waals surface area contributed by atoms with Crippen molar-refractivity contribution in [3.05, 3.63) is 15.8 Å². The highest BCUT2D eigenvalue weighted by atomic mass is 35.5. The van der Waals surface area contributed by atoms with Gasteiger partial charge in [-0.2, -0.15) is 4.31 Å². The molecule has 1 fully saturated rings. The smallest absolute Gasteiger partial charge is 0.207 e. The number of rotatable bonds is 6. The summed E-state index contributed by atoms with van der Waals surface area (Å²) < 4.78 is 27.5. The van der Waals surface area contributed by atoms with Crippen LogP contribution in [-0.2, 0) is 15.9 Å². The van der Waals surface area contributed by atoms with E-state index in [0.717, 1.165) is 23.3 Å². The summed E-state index contributed by atoms with van der Waals surface area (Å²) >= 11 is 7.32. The lowest BCUT2D eigenvalue weighted by atomic mass is 10.2. The lowest BCUT2D eigenvalue weighted by Gasteiger charge is -2.24. The zero-order valence-corrected chi connectivity index (χ0v) is 13.9. The summed E-state index contributed by atoms with van der Waals surface area (Å²) in [6.45, 7) is 6.53. The van der Waals surface area contributed by atoms with Crippen molar-refractivity contribution in [2.75, 3.05) is 6.54 Å². The number of hydrogen-bond donors (Lipinski definition) is 0. The van der Waals surface area contributed by atoms with Crippen LogP contribution in [0, 0.1) is 12.8 Å². The van der Waals surface area contributed by atoms with Gasteiger partial charge in [0, 0.05) is 17.5 Å². The van der Waals surface area contributed by atoms with Crippen molar-refractivity contribution in [1.82, 2.24) is 4.31 Å². The van der Waals surface area contributed by atoms with Gasteiger partial charge in [0.2, 0.25) is 10.0 Å². The van der Waals surface area contributed by atoms with Gasteiger partial charge in [0.05, 0.1) is 5.88 Å². The molecule has 1 aromatic heterocycles. The average Bonchev–Trinajstić information content (AvgIpc) is 3.08. The van der Waals surface area contributed by atoms with Gasteiger partial charge < -0.3 is 0 Å². The Morgan fingerprint density at radius 2 is 2.11 bits per heavy atom. The Bertz CT molecular complexity index is 547. The second-order valence-corrected chi connectivity index (χ2v) is 8.56. The molecule has 1 aliphatic carbocycles. The van der Waals surface area contributed by atoms with E-state index in [1.807, 2.05) is 26.2 Å². The van der Waals surface area contributed by atoms with E-state index in [1.54, 1.807) is 4.31 Å². The van der Waals surface area contributed by atoms with Crippen LogP contribution in [0.3, 0.4) is 0 Å². The topological polar surface area (TPSA) is 37.4 Å². The minimum Gasteiger partial charge on any atom is -0.207 e. The molecule has 0 amide bonds. The summed E-state index contributed by atoms with van der Waals surface area (Å²) in [5.74, 6) is 0.585. The van der Waals surface area contributed by atoms with E-state index >= 15 is 0 Å². The molecule has 19 heavy (non-hydrogen) atoms. The van der Waals surface area contributed by atoms with E-state index in [2.05, 4.69) is 0 Å². The van der Waals surface area contributed by atoms with Gasteiger partial charge in [0.15, 0.2) is 0 Å². The normalized spacial score (nSPS) is 16.5. The summed E-state index contributed by atoms with van der Waals surface area (Å²) in [5.41, 5.74) is 0.815. The van der Waals surface area contributed by atoms with Crippen LogP contribution < -0.4 is 0 Å². The Morgan fingerprint density at radius 3 is 2.58 bits per heavy atom. The Hall–Kier alpha value is -0.100. The lowest BCUT2D eigenvalue weighted by molar-refractivity contribution is 0.360. The minimum atomic E-state index is -3.40. The molecular weight excluding hydrogens is 302 g/mol. The summed E-state index contributed by atoms with van der Waals surface area (Å²) in [6.07, 6.45) is 1.96. The van der Waals surface area contributed by atoms with Crippen molar-refractivity contribution in [3.8, 4) is 0 Å². The number of hydrogen-bond acceptors (Lipinski definition) is 3.